The number of nitrogens with zero attached hydrogens (tertiary/aromatic N) is 4. The van der Waals surface area contributed by atoms with Gasteiger partial charge in [-0.2, -0.15) is 0 Å². The lowest BCUT2D eigenvalue weighted by molar-refractivity contribution is 0.0821. The molecule has 144 valence electrons. The van der Waals surface area contributed by atoms with Crippen LogP contribution in [0.2, 0.25) is 0 Å². The second-order valence-corrected chi connectivity index (χ2v) is 6.96. The quantitative estimate of drug-likeness (QED) is 0.724. The van der Waals surface area contributed by atoms with Gasteiger partial charge in [0.2, 0.25) is 0 Å². The molecule has 2 aliphatic rings. The van der Waals surface area contributed by atoms with Crippen molar-refractivity contribution >= 4 is 11.5 Å². The summed E-state index contributed by atoms with van der Waals surface area (Å²) >= 11 is 0. The van der Waals surface area contributed by atoms with E-state index in [0.717, 1.165) is 44.7 Å². The van der Waals surface area contributed by atoms with Crippen LogP contribution in [-0.4, -0.2) is 51.9 Å². The number of carbonyl (C=O) groups excluding carboxylic acids is 1. The van der Waals surface area contributed by atoms with Gasteiger partial charge < -0.3 is 9.64 Å². The molecule has 0 bridgehead atoms. The molecule has 2 aliphatic heterocycles. The zero-order valence-electron chi connectivity index (χ0n) is 15.8. The van der Waals surface area contributed by atoms with Crippen LogP contribution in [0.4, 0.5) is 0 Å². The summed E-state index contributed by atoms with van der Waals surface area (Å²) < 4.78 is 5.53. The minimum absolute atomic E-state index is 0.00208. The first-order chi connectivity index (χ1) is 13.8. The van der Waals surface area contributed by atoms with Gasteiger partial charge in [-0.3, -0.25) is 9.69 Å². The van der Waals surface area contributed by atoms with Crippen molar-refractivity contribution < 1.29 is 9.53 Å². The molecule has 3 heterocycles. The number of ether oxygens (including phenoxy) is 1. The second kappa shape index (κ2) is 8.80. The van der Waals surface area contributed by atoms with Gasteiger partial charge in [0, 0.05) is 38.2 Å². The molecule has 4 rings (SSSR count). The van der Waals surface area contributed by atoms with Crippen LogP contribution in [0.5, 0.6) is 5.75 Å². The molecular formula is C22H24N4O2. The monoisotopic (exact) mass is 376 g/mol. The Bertz CT molecular complexity index is 879. The summed E-state index contributed by atoms with van der Waals surface area (Å²) in [5, 5.41) is 0. The number of aromatic nitrogens is 2. The third-order valence-corrected chi connectivity index (χ3v) is 5.08. The van der Waals surface area contributed by atoms with E-state index < -0.39 is 0 Å². The molecule has 2 aromatic rings. The molecule has 1 aromatic carbocycles. The van der Waals surface area contributed by atoms with Gasteiger partial charge in [-0.1, -0.05) is 18.2 Å². The normalized spacial score (nSPS) is 16.9. The van der Waals surface area contributed by atoms with Crippen molar-refractivity contribution in [1.82, 2.24) is 19.8 Å². The van der Waals surface area contributed by atoms with E-state index in [1.807, 2.05) is 30.3 Å². The summed E-state index contributed by atoms with van der Waals surface area (Å²) in [6, 6.07) is 9.21. The van der Waals surface area contributed by atoms with Crippen LogP contribution >= 0.6 is 0 Å². The van der Waals surface area contributed by atoms with Gasteiger partial charge in [0.15, 0.2) is 5.82 Å². The summed E-state index contributed by atoms with van der Waals surface area (Å²) in [5.74, 6) is 1.46. The Morgan fingerprint density at radius 1 is 1.04 bits per heavy atom. The zero-order chi connectivity index (χ0) is 19.2. The highest BCUT2D eigenvalue weighted by Crippen LogP contribution is 2.23. The molecule has 0 N–H and O–H groups in total. The van der Waals surface area contributed by atoms with Crippen molar-refractivity contribution in [3.05, 3.63) is 72.7 Å². The smallest absolute Gasteiger partial charge is 0.261 e. The lowest BCUT2D eigenvalue weighted by atomic mass is 10.1. The molecule has 6 heteroatoms. The molecule has 0 fully saturated rings. The Hall–Kier alpha value is -2.99. The number of benzene rings is 1. The molecule has 1 aromatic heterocycles. The molecule has 0 unspecified atom stereocenters. The van der Waals surface area contributed by atoms with E-state index in [4.69, 9.17) is 4.74 Å². The number of rotatable bonds is 6. The summed E-state index contributed by atoms with van der Waals surface area (Å²) in [5.41, 5.74) is 1.85. The molecule has 0 saturated heterocycles. The van der Waals surface area contributed by atoms with Crippen LogP contribution in [0.15, 0.2) is 61.3 Å². The van der Waals surface area contributed by atoms with Gasteiger partial charge in [-0.15, -0.1) is 0 Å². The highest BCUT2D eigenvalue weighted by Gasteiger charge is 2.20. The van der Waals surface area contributed by atoms with Crippen molar-refractivity contribution in [2.45, 2.75) is 19.3 Å². The lowest BCUT2D eigenvalue weighted by Gasteiger charge is -2.26. The molecular weight excluding hydrogens is 352 g/mol. The van der Waals surface area contributed by atoms with Crippen molar-refractivity contribution in [2.75, 3.05) is 26.2 Å². The van der Waals surface area contributed by atoms with Crippen LogP contribution < -0.4 is 4.74 Å². The first kappa shape index (κ1) is 18.4. The average molecular weight is 376 g/mol. The van der Waals surface area contributed by atoms with Gasteiger partial charge in [0.1, 0.15) is 12.0 Å². The summed E-state index contributed by atoms with van der Waals surface area (Å²) in [6.07, 6.45) is 12.1. The SMILES string of the molecule is O=C1c2ccccc2OC=CN1CCCCN1CC=C(c2ncccn2)CC1. The lowest BCUT2D eigenvalue weighted by Crippen LogP contribution is -2.31. The molecule has 0 aliphatic carbocycles. The average Bonchev–Trinajstić information content (AvgIpc) is 2.91. The predicted octanol–water partition coefficient (Wildman–Crippen LogP) is 3.35. The number of hydrogen-bond donors (Lipinski definition) is 0. The maximum Gasteiger partial charge on any atom is 0.261 e. The number of unbranched alkanes of at least 4 members (excludes halogenated alkanes) is 1. The number of carbonyl (C=O) groups is 1. The van der Waals surface area contributed by atoms with Gasteiger partial charge in [0.25, 0.3) is 5.91 Å². The topological polar surface area (TPSA) is 58.6 Å². The molecule has 0 spiro atoms. The van der Waals surface area contributed by atoms with Crippen LogP contribution in [0, 0.1) is 0 Å². The van der Waals surface area contributed by atoms with Gasteiger partial charge in [0.05, 0.1) is 5.56 Å². The largest absolute Gasteiger partial charge is 0.463 e. The minimum Gasteiger partial charge on any atom is -0.463 e. The summed E-state index contributed by atoms with van der Waals surface area (Å²) in [6.45, 7) is 3.67. The van der Waals surface area contributed by atoms with Crippen molar-refractivity contribution in [2.24, 2.45) is 0 Å². The zero-order valence-corrected chi connectivity index (χ0v) is 15.8. The van der Waals surface area contributed by atoms with Gasteiger partial charge >= 0.3 is 0 Å². The summed E-state index contributed by atoms with van der Waals surface area (Å²) in [4.78, 5) is 25.5. The molecule has 0 radical (unpaired) electrons. The maximum absolute atomic E-state index is 12.7. The van der Waals surface area contributed by atoms with Crippen molar-refractivity contribution in [1.29, 1.82) is 0 Å². The molecule has 28 heavy (non-hydrogen) atoms. The first-order valence-electron chi connectivity index (χ1n) is 9.73. The Morgan fingerprint density at radius 2 is 1.86 bits per heavy atom. The van der Waals surface area contributed by atoms with Crippen LogP contribution in [0.25, 0.3) is 5.57 Å². The fourth-order valence-electron chi connectivity index (χ4n) is 3.52. The van der Waals surface area contributed by atoms with Crippen molar-refractivity contribution in [3.63, 3.8) is 0 Å². The maximum atomic E-state index is 12.7. The van der Waals surface area contributed by atoms with E-state index >= 15 is 0 Å². The Labute approximate surface area is 165 Å². The number of fused-ring (bicyclic) bond motifs is 1. The van der Waals surface area contributed by atoms with E-state index in [0.29, 0.717) is 17.9 Å². The highest BCUT2D eigenvalue weighted by atomic mass is 16.5. The van der Waals surface area contributed by atoms with E-state index in [-0.39, 0.29) is 5.91 Å². The van der Waals surface area contributed by atoms with Crippen molar-refractivity contribution in [3.8, 4) is 5.75 Å². The van der Waals surface area contributed by atoms with E-state index in [1.165, 1.54) is 5.57 Å². The fourth-order valence-corrected chi connectivity index (χ4v) is 3.52. The van der Waals surface area contributed by atoms with E-state index in [1.54, 1.807) is 29.8 Å². The van der Waals surface area contributed by atoms with E-state index in [2.05, 4.69) is 20.9 Å². The fraction of sp³-hybridized carbons (Fsp3) is 0.318. The van der Waals surface area contributed by atoms with Crippen LogP contribution in [0.1, 0.15) is 35.4 Å². The third-order valence-electron chi connectivity index (χ3n) is 5.08. The Kier molecular flexibility index (Phi) is 5.77. The molecule has 6 nitrogen and oxygen atoms in total. The van der Waals surface area contributed by atoms with Gasteiger partial charge in [-0.05, 0) is 49.6 Å². The minimum atomic E-state index is -0.00208. The molecule has 0 atom stereocenters. The number of hydrogen-bond acceptors (Lipinski definition) is 5. The third kappa shape index (κ3) is 4.28. The molecule has 0 saturated carbocycles. The highest BCUT2D eigenvalue weighted by molar-refractivity contribution is 5.97. The van der Waals surface area contributed by atoms with Crippen LogP contribution in [-0.2, 0) is 0 Å². The Morgan fingerprint density at radius 3 is 2.68 bits per heavy atom. The predicted molar refractivity (Wildman–Crippen MR) is 108 cm³/mol. The number of amides is 1. The standard InChI is InChI=1S/C22H24N4O2/c27-22-19-6-1-2-7-20(19)28-17-16-26(22)13-4-3-12-25-14-8-18(9-15-25)21-23-10-5-11-24-21/h1-2,5-8,10-11,16-17H,3-4,9,12-15H2. The summed E-state index contributed by atoms with van der Waals surface area (Å²) in [7, 11) is 0. The second-order valence-electron chi connectivity index (χ2n) is 6.96. The van der Waals surface area contributed by atoms with Crippen LogP contribution in [0.3, 0.4) is 0 Å². The Balaban J connectivity index is 1.23. The first-order valence-corrected chi connectivity index (χ1v) is 9.73. The van der Waals surface area contributed by atoms with Gasteiger partial charge in [-0.25, -0.2) is 9.97 Å². The van der Waals surface area contributed by atoms with E-state index in [9.17, 15) is 4.79 Å². The molecule has 1 amide bonds. The number of para-hydroxylation sites is 1.